The monoisotopic (exact) mass is 254 g/mol. The van der Waals surface area contributed by atoms with Crippen molar-refractivity contribution in [1.29, 1.82) is 0 Å². The number of ketones is 1. The standard InChI is InChI=1S/C14H14N4O/c1-2-7-18-8-3-4-12(9-17-18)14(19)6-5-13-10-15-11-16-13/h2-6,8-11H,1,7H2,(H,15,16). The Kier molecular flexibility index (Phi) is 4.23. The normalized spacial score (nSPS) is 14.5. The summed E-state index contributed by atoms with van der Waals surface area (Å²) in [6.07, 6.45) is 15.0. The molecule has 1 N–H and O–H groups in total. The fourth-order valence-electron chi connectivity index (χ4n) is 1.47. The summed E-state index contributed by atoms with van der Waals surface area (Å²) in [5, 5.41) is 5.86. The molecule has 0 aromatic carbocycles. The molecule has 1 aliphatic heterocycles. The van der Waals surface area contributed by atoms with Gasteiger partial charge in [-0.25, -0.2) is 4.98 Å². The van der Waals surface area contributed by atoms with Crippen LogP contribution >= 0.6 is 0 Å². The molecular weight excluding hydrogens is 240 g/mol. The highest BCUT2D eigenvalue weighted by Gasteiger charge is 2.05. The van der Waals surface area contributed by atoms with Crippen LogP contribution in [0.2, 0.25) is 0 Å². The van der Waals surface area contributed by atoms with Gasteiger partial charge in [0, 0.05) is 18.0 Å². The fourth-order valence-corrected chi connectivity index (χ4v) is 1.47. The maximum Gasteiger partial charge on any atom is 0.187 e. The van der Waals surface area contributed by atoms with Crippen molar-refractivity contribution in [2.24, 2.45) is 5.10 Å². The zero-order valence-corrected chi connectivity index (χ0v) is 10.4. The molecule has 2 heterocycles. The first-order valence-corrected chi connectivity index (χ1v) is 5.81. The molecule has 1 aromatic rings. The summed E-state index contributed by atoms with van der Waals surface area (Å²) in [6, 6.07) is 0. The first-order valence-electron chi connectivity index (χ1n) is 5.81. The van der Waals surface area contributed by atoms with Crippen molar-refractivity contribution in [2.45, 2.75) is 0 Å². The van der Waals surface area contributed by atoms with E-state index in [0.717, 1.165) is 0 Å². The number of H-pyrrole nitrogens is 1. The lowest BCUT2D eigenvalue weighted by atomic mass is 10.1. The van der Waals surface area contributed by atoms with Crippen LogP contribution in [0.15, 0.2) is 60.3 Å². The summed E-state index contributed by atoms with van der Waals surface area (Å²) in [5.74, 6) is -0.114. The molecule has 0 saturated heterocycles. The molecule has 0 saturated carbocycles. The second-order valence-electron chi connectivity index (χ2n) is 3.81. The third-order valence-corrected chi connectivity index (χ3v) is 2.40. The van der Waals surface area contributed by atoms with Crippen LogP contribution in [-0.2, 0) is 4.79 Å². The Labute approximate surface area is 111 Å². The van der Waals surface area contributed by atoms with Crippen molar-refractivity contribution in [3.8, 4) is 0 Å². The summed E-state index contributed by atoms with van der Waals surface area (Å²) in [5.41, 5.74) is 1.23. The number of nitrogens with zero attached hydrogens (tertiary/aromatic N) is 3. The zero-order chi connectivity index (χ0) is 13.5. The number of rotatable bonds is 5. The number of carbonyl (C=O) groups excluding carboxylic acids is 1. The van der Waals surface area contributed by atoms with Gasteiger partial charge in [0.1, 0.15) is 0 Å². The van der Waals surface area contributed by atoms with E-state index in [0.29, 0.717) is 17.8 Å². The molecular formula is C14H14N4O. The SMILES string of the molecule is C=CCN1C=CC=C(C(=O)C=Cc2c[nH]cn2)C=N1. The van der Waals surface area contributed by atoms with E-state index in [-0.39, 0.29) is 5.78 Å². The van der Waals surface area contributed by atoms with Crippen LogP contribution in [-0.4, -0.2) is 33.5 Å². The smallest absolute Gasteiger partial charge is 0.187 e. The number of aromatic amines is 1. The van der Waals surface area contributed by atoms with Gasteiger partial charge in [-0.3, -0.25) is 9.80 Å². The van der Waals surface area contributed by atoms with Crippen LogP contribution in [0.25, 0.3) is 6.08 Å². The van der Waals surface area contributed by atoms with Gasteiger partial charge in [-0.2, -0.15) is 5.10 Å². The number of hydrogen-bond donors (Lipinski definition) is 1. The minimum atomic E-state index is -0.114. The molecule has 0 radical (unpaired) electrons. The van der Waals surface area contributed by atoms with Gasteiger partial charge in [0.2, 0.25) is 0 Å². The number of allylic oxidation sites excluding steroid dienone is 4. The van der Waals surface area contributed by atoms with Crippen molar-refractivity contribution in [3.05, 3.63) is 60.9 Å². The van der Waals surface area contributed by atoms with Crippen molar-refractivity contribution in [2.75, 3.05) is 6.54 Å². The topological polar surface area (TPSA) is 61.4 Å². The zero-order valence-electron chi connectivity index (χ0n) is 10.4. The van der Waals surface area contributed by atoms with E-state index in [1.807, 2.05) is 0 Å². The quantitative estimate of drug-likeness (QED) is 0.645. The van der Waals surface area contributed by atoms with Crippen molar-refractivity contribution >= 4 is 18.1 Å². The lowest BCUT2D eigenvalue weighted by molar-refractivity contribution is -0.110. The number of hydrogen-bond acceptors (Lipinski definition) is 4. The van der Waals surface area contributed by atoms with E-state index in [1.54, 1.807) is 54.3 Å². The highest BCUT2D eigenvalue weighted by atomic mass is 16.1. The third-order valence-electron chi connectivity index (χ3n) is 2.40. The molecule has 0 bridgehead atoms. The van der Waals surface area contributed by atoms with Crippen molar-refractivity contribution in [3.63, 3.8) is 0 Å². The Bertz CT molecular complexity index is 564. The minimum absolute atomic E-state index is 0.114. The summed E-state index contributed by atoms with van der Waals surface area (Å²) in [6.45, 7) is 4.25. The Hall–Kier alpha value is -2.69. The highest BCUT2D eigenvalue weighted by Crippen LogP contribution is 2.05. The molecule has 0 fully saturated rings. The number of aromatic nitrogens is 2. The second kappa shape index (κ2) is 6.30. The van der Waals surface area contributed by atoms with Gasteiger partial charge in [0.05, 0.1) is 24.8 Å². The molecule has 0 aliphatic carbocycles. The van der Waals surface area contributed by atoms with Gasteiger partial charge in [-0.1, -0.05) is 6.08 Å². The average Bonchev–Trinajstić information content (AvgIpc) is 2.82. The fraction of sp³-hybridized carbons (Fsp3) is 0.0714. The molecule has 5 nitrogen and oxygen atoms in total. The summed E-state index contributed by atoms with van der Waals surface area (Å²) < 4.78 is 0. The van der Waals surface area contributed by atoms with Crippen LogP contribution in [0.1, 0.15) is 5.69 Å². The summed E-state index contributed by atoms with van der Waals surface area (Å²) in [4.78, 5) is 18.8. The number of hydrazone groups is 1. The molecule has 5 heteroatoms. The third kappa shape index (κ3) is 3.64. The van der Waals surface area contributed by atoms with Gasteiger partial charge in [-0.15, -0.1) is 6.58 Å². The van der Waals surface area contributed by atoms with Crippen LogP contribution in [0.4, 0.5) is 0 Å². The lowest BCUT2D eigenvalue weighted by Gasteiger charge is -2.08. The average molecular weight is 254 g/mol. The van der Waals surface area contributed by atoms with Gasteiger partial charge < -0.3 is 4.98 Å². The van der Waals surface area contributed by atoms with E-state index < -0.39 is 0 Å². The van der Waals surface area contributed by atoms with Gasteiger partial charge in [0.25, 0.3) is 0 Å². The summed E-state index contributed by atoms with van der Waals surface area (Å²) >= 11 is 0. The molecule has 0 atom stereocenters. The predicted octanol–water partition coefficient (Wildman–Crippen LogP) is 1.92. The van der Waals surface area contributed by atoms with E-state index in [4.69, 9.17) is 0 Å². The minimum Gasteiger partial charge on any atom is -0.351 e. The first kappa shape index (κ1) is 12.8. The van der Waals surface area contributed by atoms with E-state index >= 15 is 0 Å². The van der Waals surface area contributed by atoms with Crippen LogP contribution in [0.5, 0.6) is 0 Å². The van der Waals surface area contributed by atoms with Crippen LogP contribution in [0, 0.1) is 0 Å². The second-order valence-corrected chi connectivity index (χ2v) is 3.81. The first-order chi connectivity index (χ1) is 9.29. The molecule has 0 unspecified atom stereocenters. The number of carbonyl (C=O) groups is 1. The maximum absolute atomic E-state index is 12.0. The van der Waals surface area contributed by atoms with Crippen molar-refractivity contribution in [1.82, 2.24) is 15.0 Å². The van der Waals surface area contributed by atoms with E-state index in [9.17, 15) is 4.79 Å². The number of nitrogens with one attached hydrogen (secondary N) is 1. The lowest BCUT2D eigenvalue weighted by Crippen LogP contribution is -2.09. The van der Waals surface area contributed by atoms with Gasteiger partial charge in [0.15, 0.2) is 5.78 Å². The Morgan fingerprint density at radius 2 is 2.42 bits per heavy atom. The van der Waals surface area contributed by atoms with Crippen LogP contribution in [0.3, 0.4) is 0 Å². The van der Waals surface area contributed by atoms with Gasteiger partial charge >= 0.3 is 0 Å². The Morgan fingerprint density at radius 1 is 1.53 bits per heavy atom. The molecule has 0 amide bonds. The molecule has 2 rings (SSSR count). The highest BCUT2D eigenvalue weighted by molar-refractivity contribution is 6.19. The predicted molar refractivity (Wildman–Crippen MR) is 75.2 cm³/mol. The molecule has 19 heavy (non-hydrogen) atoms. The Balaban J connectivity index is 2.04. The largest absolute Gasteiger partial charge is 0.351 e. The maximum atomic E-state index is 12.0. The van der Waals surface area contributed by atoms with Crippen LogP contribution < -0.4 is 0 Å². The Morgan fingerprint density at radius 3 is 3.16 bits per heavy atom. The molecule has 1 aromatic heterocycles. The molecule has 96 valence electrons. The molecule has 1 aliphatic rings. The number of imidazole rings is 1. The summed E-state index contributed by atoms with van der Waals surface area (Å²) in [7, 11) is 0. The van der Waals surface area contributed by atoms with E-state index in [2.05, 4.69) is 21.6 Å². The molecule has 0 spiro atoms. The van der Waals surface area contributed by atoms with E-state index in [1.165, 1.54) is 6.08 Å². The van der Waals surface area contributed by atoms with Gasteiger partial charge in [-0.05, 0) is 24.3 Å². The van der Waals surface area contributed by atoms with Crippen molar-refractivity contribution < 1.29 is 4.79 Å².